The summed E-state index contributed by atoms with van der Waals surface area (Å²) in [6, 6.07) is 6.66. The fraction of sp³-hybridized carbons (Fsp3) is 0.364. The molecule has 4 N–H and O–H groups in total. The van der Waals surface area contributed by atoms with Gasteiger partial charge >= 0.3 is 0 Å². The third kappa shape index (κ3) is 3.04. The number of sulfonamides is 1. The topological polar surface area (TPSA) is 96.0 Å². The van der Waals surface area contributed by atoms with Crippen LogP contribution in [0.15, 0.2) is 29.2 Å². The van der Waals surface area contributed by atoms with Crippen molar-refractivity contribution in [3.05, 3.63) is 29.8 Å². The normalized spacial score (nSPS) is 12.4. The van der Waals surface area contributed by atoms with Gasteiger partial charge in [-0.05, 0) is 32.4 Å². The van der Waals surface area contributed by atoms with Gasteiger partial charge in [0.15, 0.2) is 0 Å². The molecule has 0 saturated carbocycles. The Labute approximate surface area is 102 Å². The van der Waals surface area contributed by atoms with Crippen molar-refractivity contribution in [2.75, 3.05) is 0 Å². The third-order valence-electron chi connectivity index (χ3n) is 2.45. The van der Waals surface area contributed by atoms with E-state index in [0.717, 1.165) is 0 Å². The van der Waals surface area contributed by atoms with Gasteiger partial charge in [0.25, 0.3) is 0 Å². The van der Waals surface area contributed by atoms with Crippen LogP contribution >= 0.6 is 0 Å². The Balaban J connectivity index is 3.15. The molecule has 6 heteroatoms. The van der Waals surface area contributed by atoms with E-state index in [1.165, 1.54) is 6.07 Å². The molecule has 0 heterocycles. The van der Waals surface area contributed by atoms with E-state index in [1.54, 1.807) is 39.0 Å². The minimum atomic E-state index is -3.66. The van der Waals surface area contributed by atoms with Crippen molar-refractivity contribution in [1.29, 1.82) is 5.41 Å². The van der Waals surface area contributed by atoms with E-state index < -0.39 is 15.6 Å². The lowest BCUT2D eigenvalue weighted by Crippen LogP contribution is -2.52. The zero-order chi connectivity index (χ0) is 13.3. The summed E-state index contributed by atoms with van der Waals surface area (Å²) in [5, 5.41) is 7.34. The molecule has 0 aliphatic carbocycles. The van der Waals surface area contributed by atoms with Gasteiger partial charge in [0.2, 0.25) is 10.0 Å². The molecule has 1 aromatic rings. The zero-order valence-corrected chi connectivity index (χ0v) is 10.9. The van der Waals surface area contributed by atoms with E-state index >= 15 is 0 Å². The quantitative estimate of drug-likeness (QED) is 0.553. The highest BCUT2D eigenvalue weighted by Crippen LogP contribution is 2.16. The summed E-state index contributed by atoms with van der Waals surface area (Å²) >= 11 is 0. The molecule has 0 spiro atoms. The van der Waals surface area contributed by atoms with Crippen molar-refractivity contribution < 1.29 is 8.42 Å². The van der Waals surface area contributed by atoms with Crippen LogP contribution in [0.25, 0.3) is 0 Å². The SMILES string of the molecule is Cc1ccccc1S(=O)(=O)NC(C)(C)C(=N)N. The highest BCUT2D eigenvalue weighted by Gasteiger charge is 2.29. The summed E-state index contributed by atoms with van der Waals surface area (Å²) < 4.78 is 26.6. The first-order valence-corrected chi connectivity index (χ1v) is 6.59. The van der Waals surface area contributed by atoms with E-state index in [4.69, 9.17) is 11.1 Å². The number of hydrogen-bond acceptors (Lipinski definition) is 3. The Hall–Kier alpha value is -1.40. The molecule has 17 heavy (non-hydrogen) atoms. The molecule has 0 amide bonds. The van der Waals surface area contributed by atoms with Gasteiger partial charge in [0.1, 0.15) is 5.84 Å². The Morgan fingerprint density at radius 1 is 1.35 bits per heavy atom. The molecule has 94 valence electrons. The first kappa shape index (κ1) is 13.7. The molecular weight excluding hydrogens is 238 g/mol. The predicted octanol–water partition coefficient (Wildman–Crippen LogP) is 0.988. The Bertz CT molecular complexity index is 535. The second-order valence-electron chi connectivity index (χ2n) is 4.41. The number of rotatable bonds is 4. The number of hydrogen-bond donors (Lipinski definition) is 3. The van der Waals surface area contributed by atoms with Crippen LogP contribution in [-0.2, 0) is 10.0 Å². The molecule has 1 rings (SSSR count). The summed E-state index contributed by atoms with van der Waals surface area (Å²) in [5.41, 5.74) is 4.91. The van der Waals surface area contributed by atoms with Crippen LogP contribution in [0.4, 0.5) is 0 Å². The average molecular weight is 255 g/mol. The molecule has 5 nitrogen and oxygen atoms in total. The Morgan fingerprint density at radius 2 is 1.88 bits per heavy atom. The van der Waals surface area contributed by atoms with Crippen molar-refractivity contribution in [1.82, 2.24) is 4.72 Å². The largest absolute Gasteiger partial charge is 0.386 e. The first-order valence-electron chi connectivity index (χ1n) is 5.11. The molecule has 0 atom stereocenters. The molecule has 0 fully saturated rings. The van der Waals surface area contributed by atoms with Gasteiger partial charge in [-0.25, -0.2) is 8.42 Å². The van der Waals surface area contributed by atoms with Crippen LogP contribution in [0.2, 0.25) is 0 Å². The second-order valence-corrected chi connectivity index (χ2v) is 6.06. The summed E-state index contributed by atoms with van der Waals surface area (Å²) in [5.74, 6) is -0.227. The van der Waals surface area contributed by atoms with Gasteiger partial charge < -0.3 is 5.73 Å². The fourth-order valence-electron chi connectivity index (χ4n) is 1.30. The lowest BCUT2D eigenvalue weighted by molar-refractivity contribution is 0.541. The summed E-state index contributed by atoms with van der Waals surface area (Å²) in [4.78, 5) is 0.203. The Kier molecular flexibility index (Phi) is 3.59. The summed E-state index contributed by atoms with van der Waals surface area (Å²) in [6.07, 6.45) is 0. The molecule has 0 bridgehead atoms. The van der Waals surface area contributed by atoms with Crippen molar-refractivity contribution in [3.63, 3.8) is 0 Å². The van der Waals surface area contributed by atoms with E-state index in [2.05, 4.69) is 4.72 Å². The first-order chi connectivity index (χ1) is 7.67. The fourth-order valence-corrected chi connectivity index (χ4v) is 2.95. The molecule has 0 unspecified atom stereocenters. The standard InChI is InChI=1S/C11H17N3O2S/c1-8-6-4-5-7-9(8)17(15,16)14-11(2,3)10(12)13/h4-7,14H,1-3H3,(H3,12,13). The Morgan fingerprint density at radius 3 is 2.35 bits per heavy atom. The van der Waals surface area contributed by atoms with Gasteiger partial charge in [0, 0.05) is 0 Å². The van der Waals surface area contributed by atoms with Crippen LogP contribution in [0, 0.1) is 12.3 Å². The molecule has 0 aliphatic heterocycles. The third-order valence-corrected chi connectivity index (χ3v) is 4.26. The molecule has 0 aromatic heterocycles. The predicted molar refractivity (Wildman–Crippen MR) is 67.5 cm³/mol. The van der Waals surface area contributed by atoms with Gasteiger partial charge in [-0.1, -0.05) is 18.2 Å². The maximum absolute atomic E-state index is 12.1. The van der Waals surface area contributed by atoms with Crippen LogP contribution in [0.3, 0.4) is 0 Å². The number of aryl methyl sites for hydroxylation is 1. The molecular formula is C11H17N3O2S. The summed E-state index contributed by atoms with van der Waals surface area (Å²) in [7, 11) is -3.66. The average Bonchev–Trinajstić information content (AvgIpc) is 2.16. The molecule has 0 saturated heterocycles. The van der Waals surface area contributed by atoms with Crippen LogP contribution < -0.4 is 10.5 Å². The van der Waals surface area contributed by atoms with Crippen molar-refractivity contribution in [2.24, 2.45) is 5.73 Å². The van der Waals surface area contributed by atoms with Gasteiger partial charge in [-0.2, -0.15) is 4.72 Å². The maximum Gasteiger partial charge on any atom is 0.241 e. The highest BCUT2D eigenvalue weighted by atomic mass is 32.2. The van der Waals surface area contributed by atoms with Crippen molar-refractivity contribution >= 4 is 15.9 Å². The molecule has 0 aliphatic rings. The summed E-state index contributed by atoms with van der Waals surface area (Å²) in [6.45, 7) is 4.81. The van der Waals surface area contributed by atoms with E-state index in [-0.39, 0.29) is 10.7 Å². The van der Waals surface area contributed by atoms with E-state index in [0.29, 0.717) is 5.56 Å². The van der Waals surface area contributed by atoms with E-state index in [9.17, 15) is 8.42 Å². The van der Waals surface area contributed by atoms with E-state index in [1.807, 2.05) is 0 Å². The lowest BCUT2D eigenvalue weighted by Gasteiger charge is -2.24. The van der Waals surface area contributed by atoms with Crippen LogP contribution in [-0.4, -0.2) is 19.8 Å². The number of nitrogens with two attached hydrogens (primary N) is 1. The van der Waals surface area contributed by atoms with Gasteiger partial charge in [-0.3, -0.25) is 5.41 Å². The van der Waals surface area contributed by atoms with Gasteiger partial charge in [0.05, 0.1) is 10.4 Å². The monoisotopic (exact) mass is 255 g/mol. The van der Waals surface area contributed by atoms with Crippen molar-refractivity contribution in [3.8, 4) is 0 Å². The number of amidine groups is 1. The second kappa shape index (κ2) is 4.46. The number of benzene rings is 1. The molecule has 1 aromatic carbocycles. The maximum atomic E-state index is 12.1. The van der Waals surface area contributed by atoms with Crippen molar-refractivity contribution in [2.45, 2.75) is 31.2 Å². The number of nitrogens with one attached hydrogen (secondary N) is 2. The minimum absolute atomic E-state index is 0.203. The van der Waals surface area contributed by atoms with Gasteiger partial charge in [-0.15, -0.1) is 0 Å². The zero-order valence-electron chi connectivity index (χ0n) is 10.1. The lowest BCUT2D eigenvalue weighted by atomic mass is 10.1. The smallest absolute Gasteiger partial charge is 0.241 e. The minimum Gasteiger partial charge on any atom is -0.386 e. The van der Waals surface area contributed by atoms with Crippen LogP contribution in [0.1, 0.15) is 19.4 Å². The molecule has 0 radical (unpaired) electrons. The van der Waals surface area contributed by atoms with Crippen LogP contribution in [0.5, 0.6) is 0 Å². The highest BCUT2D eigenvalue weighted by molar-refractivity contribution is 7.89.